The fourth-order valence-corrected chi connectivity index (χ4v) is 1.92. The summed E-state index contributed by atoms with van der Waals surface area (Å²) in [4.78, 5) is 0. The van der Waals surface area contributed by atoms with Crippen LogP contribution in [0.3, 0.4) is 0 Å². The summed E-state index contributed by atoms with van der Waals surface area (Å²) in [6, 6.07) is 16.0. The topological polar surface area (TPSA) is 26.9 Å². The van der Waals surface area contributed by atoms with Gasteiger partial charge in [-0.3, -0.25) is 0 Å². The lowest BCUT2D eigenvalue weighted by Gasteiger charge is -1.89. The van der Waals surface area contributed by atoms with Crippen LogP contribution in [-0.4, -0.2) is 0 Å². The van der Waals surface area contributed by atoms with Crippen LogP contribution < -0.4 is 4.70 Å². The van der Waals surface area contributed by atoms with E-state index >= 15 is 0 Å². The average molecular weight is 181 g/mol. The molecular formula is C12H9N2+. The van der Waals surface area contributed by atoms with Crippen LogP contribution >= 0.6 is 0 Å². The van der Waals surface area contributed by atoms with Gasteiger partial charge in [-0.25, -0.2) is 0 Å². The van der Waals surface area contributed by atoms with Crippen molar-refractivity contribution in [2.75, 3.05) is 0 Å². The van der Waals surface area contributed by atoms with Crippen molar-refractivity contribution in [3.63, 3.8) is 0 Å². The van der Waals surface area contributed by atoms with Gasteiger partial charge >= 0.3 is 0 Å². The fourth-order valence-electron chi connectivity index (χ4n) is 1.92. The number of fused-ring (bicyclic) bond motifs is 3. The molecule has 0 radical (unpaired) electrons. The Morgan fingerprint density at radius 3 is 1.64 bits per heavy atom. The summed E-state index contributed by atoms with van der Waals surface area (Å²) in [5, 5.41) is 0. The van der Waals surface area contributed by atoms with Gasteiger partial charge in [0.05, 0.1) is 11.1 Å². The van der Waals surface area contributed by atoms with Crippen molar-refractivity contribution in [3.8, 4) is 11.1 Å². The molecule has 1 N–H and O–H groups in total. The quantitative estimate of drug-likeness (QED) is 0.514. The molecule has 2 nitrogen and oxygen atoms in total. The van der Waals surface area contributed by atoms with Gasteiger partial charge in [0.25, 0.3) is 0 Å². The number of nitrogens with zero attached hydrogens (tertiary/aromatic N) is 1. The largest absolute Gasteiger partial charge is 0.246 e. The number of hydrogen-bond donors (Lipinski definition) is 1. The van der Waals surface area contributed by atoms with Crippen LogP contribution in [0.4, 0.5) is 11.4 Å². The first kappa shape index (κ1) is 7.44. The number of rotatable bonds is 0. The van der Waals surface area contributed by atoms with Gasteiger partial charge in [0.2, 0.25) is 11.4 Å². The Morgan fingerprint density at radius 1 is 0.714 bits per heavy atom. The number of para-hydroxylation sites is 2. The van der Waals surface area contributed by atoms with Crippen molar-refractivity contribution in [1.82, 2.24) is 4.70 Å². The van der Waals surface area contributed by atoms with E-state index in [1.165, 1.54) is 4.70 Å². The van der Waals surface area contributed by atoms with Crippen LogP contribution in [0.1, 0.15) is 0 Å². The van der Waals surface area contributed by atoms with Gasteiger partial charge in [0, 0.05) is 12.1 Å². The second-order valence-corrected chi connectivity index (χ2v) is 3.37. The van der Waals surface area contributed by atoms with E-state index in [1.54, 1.807) is 0 Å². The summed E-state index contributed by atoms with van der Waals surface area (Å²) in [5.41, 5.74) is 12.2. The van der Waals surface area contributed by atoms with Crippen molar-refractivity contribution < 1.29 is 0 Å². The normalized spacial score (nSPS) is 12.4. The van der Waals surface area contributed by atoms with Crippen molar-refractivity contribution in [2.24, 2.45) is 0 Å². The van der Waals surface area contributed by atoms with E-state index in [1.807, 2.05) is 36.4 Å². The van der Waals surface area contributed by atoms with Gasteiger partial charge in [-0.05, 0) is 17.7 Å². The highest BCUT2D eigenvalue weighted by Crippen LogP contribution is 2.43. The van der Waals surface area contributed by atoms with E-state index < -0.39 is 0 Å². The van der Waals surface area contributed by atoms with Gasteiger partial charge in [-0.15, -0.1) is 0 Å². The Labute approximate surface area is 81.9 Å². The molecular weight excluding hydrogens is 172 g/mol. The first-order valence-corrected chi connectivity index (χ1v) is 4.58. The Morgan fingerprint density at radius 2 is 1.14 bits per heavy atom. The molecule has 0 aromatic heterocycles. The molecule has 0 unspecified atom stereocenters. The van der Waals surface area contributed by atoms with Gasteiger partial charge in [-0.1, -0.05) is 29.0 Å². The predicted octanol–water partition coefficient (Wildman–Crippen LogP) is 3.53. The molecule has 3 rings (SSSR count). The third kappa shape index (κ3) is 0.799. The van der Waals surface area contributed by atoms with Crippen molar-refractivity contribution >= 4 is 11.4 Å². The Bertz CT molecular complexity index is 482. The summed E-state index contributed by atoms with van der Waals surface area (Å²) in [6.45, 7) is 0. The lowest BCUT2D eigenvalue weighted by Crippen LogP contribution is -1.90. The number of nitrogens with one attached hydrogen (secondary N) is 1. The Balaban J connectivity index is 2.42. The third-order valence-corrected chi connectivity index (χ3v) is 2.58. The van der Waals surface area contributed by atoms with E-state index in [9.17, 15) is 0 Å². The lowest BCUT2D eigenvalue weighted by molar-refractivity contribution is 0.851. The molecule has 0 saturated heterocycles. The van der Waals surface area contributed by atoms with Crippen LogP contribution in [0.15, 0.2) is 48.5 Å². The van der Waals surface area contributed by atoms with E-state index in [2.05, 4.69) is 12.1 Å². The third-order valence-electron chi connectivity index (χ3n) is 2.58. The van der Waals surface area contributed by atoms with Crippen molar-refractivity contribution in [1.29, 1.82) is 5.53 Å². The SMILES string of the molecule is N=[N+]1c2ccccc2-c2ccccc21. The smallest absolute Gasteiger partial charge is 0.0611 e. The summed E-state index contributed by atoms with van der Waals surface area (Å²) >= 11 is 0. The summed E-state index contributed by atoms with van der Waals surface area (Å²) in [6.07, 6.45) is 0. The predicted molar refractivity (Wildman–Crippen MR) is 56.1 cm³/mol. The van der Waals surface area contributed by atoms with Crippen LogP contribution in [0, 0.1) is 5.53 Å². The molecule has 0 spiro atoms. The molecule has 1 aliphatic rings. The van der Waals surface area contributed by atoms with Gasteiger partial charge in [0.1, 0.15) is 0 Å². The zero-order chi connectivity index (χ0) is 9.54. The minimum Gasteiger partial charge on any atom is -0.0611 e. The molecule has 0 fully saturated rings. The molecule has 1 aliphatic heterocycles. The minimum absolute atomic E-state index is 0.966. The fraction of sp³-hybridized carbons (Fsp3) is 0. The van der Waals surface area contributed by atoms with Crippen LogP contribution in [0.5, 0.6) is 0 Å². The molecule has 0 atom stereocenters. The maximum absolute atomic E-state index is 7.93. The first-order chi connectivity index (χ1) is 6.88. The molecule has 2 heteroatoms. The highest BCUT2D eigenvalue weighted by atomic mass is 15.2. The zero-order valence-electron chi connectivity index (χ0n) is 7.57. The summed E-state index contributed by atoms with van der Waals surface area (Å²) in [5.74, 6) is 0. The maximum atomic E-state index is 7.93. The van der Waals surface area contributed by atoms with Crippen molar-refractivity contribution in [2.45, 2.75) is 0 Å². The first-order valence-electron chi connectivity index (χ1n) is 4.58. The molecule has 14 heavy (non-hydrogen) atoms. The van der Waals surface area contributed by atoms with Crippen LogP contribution in [-0.2, 0) is 0 Å². The van der Waals surface area contributed by atoms with E-state index in [4.69, 9.17) is 5.53 Å². The lowest BCUT2D eigenvalue weighted by atomic mass is 10.1. The maximum Gasteiger partial charge on any atom is 0.246 e. The van der Waals surface area contributed by atoms with E-state index in [0.29, 0.717) is 0 Å². The average Bonchev–Trinajstić information content (AvgIpc) is 2.55. The summed E-state index contributed by atoms with van der Waals surface area (Å²) < 4.78 is 1.49. The molecule has 2 aromatic rings. The molecule has 66 valence electrons. The molecule has 0 aliphatic carbocycles. The monoisotopic (exact) mass is 181 g/mol. The Hall–Kier alpha value is -1.96. The van der Waals surface area contributed by atoms with Gasteiger partial charge in [-0.2, -0.15) is 0 Å². The van der Waals surface area contributed by atoms with E-state index in [-0.39, 0.29) is 0 Å². The van der Waals surface area contributed by atoms with Crippen molar-refractivity contribution in [3.05, 3.63) is 48.5 Å². The molecule has 0 saturated carbocycles. The zero-order valence-corrected chi connectivity index (χ0v) is 7.57. The molecule has 1 heterocycles. The molecule has 2 aromatic carbocycles. The van der Waals surface area contributed by atoms with Crippen LogP contribution in [0.25, 0.3) is 11.1 Å². The standard InChI is InChI=1S/C12H9N2/c13-14-11-7-3-1-5-9(11)10-6-2-4-8-12(10)14/h1-8,13H/q+1. The highest BCUT2D eigenvalue weighted by Gasteiger charge is 2.30. The van der Waals surface area contributed by atoms with Gasteiger partial charge < -0.3 is 0 Å². The van der Waals surface area contributed by atoms with E-state index in [0.717, 1.165) is 22.5 Å². The second-order valence-electron chi connectivity index (χ2n) is 3.37. The number of benzene rings is 2. The van der Waals surface area contributed by atoms with Crippen LogP contribution in [0.2, 0.25) is 0 Å². The highest BCUT2D eigenvalue weighted by molar-refractivity contribution is 5.90. The number of hydrogen-bond acceptors (Lipinski definition) is 1. The minimum atomic E-state index is 0.966. The second kappa shape index (κ2) is 2.51. The molecule has 0 bridgehead atoms. The Kier molecular flexibility index (Phi) is 1.34. The van der Waals surface area contributed by atoms with Gasteiger partial charge in [0.15, 0.2) is 0 Å². The summed E-state index contributed by atoms with van der Waals surface area (Å²) in [7, 11) is 0. The molecule has 0 amide bonds.